The molecule has 6 nitrogen and oxygen atoms in total. The van der Waals surface area contributed by atoms with Crippen LogP contribution in [0.3, 0.4) is 0 Å². The minimum absolute atomic E-state index is 0.0799. The minimum Gasteiger partial charge on any atom is -0.462 e. The maximum atomic E-state index is 13.0. The second kappa shape index (κ2) is 71.1. The molecule has 0 aromatic carbocycles. The highest BCUT2D eigenvalue weighted by atomic mass is 16.6. The first-order valence-corrected chi connectivity index (χ1v) is 36.1. The predicted molar refractivity (Wildman–Crippen MR) is 362 cm³/mol. The largest absolute Gasteiger partial charge is 0.462 e. The van der Waals surface area contributed by atoms with Gasteiger partial charge in [0, 0.05) is 19.3 Å². The van der Waals surface area contributed by atoms with E-state index in [4.69, 9.17) is 14.2 Å². The van der Waals surface area contributed by atoms with E-state index in [0.717, 1.165) is 109 Å². The number of ether oxygens (including phenoxy) is 3. The number of carbonyl (C=O) groups is 3. The van der Waals surface area contributed by atoms with Crippen LogP contribution in [0.1, 0.15) is 367 Å². The number of carbonyl (C=O) groups excluding carboxylic acids is 3. The Morgan fingerprint density at radius 2 is 0.470 bits per heavy atom. The van der Waals surface area contributed by atoms with Gasteiger partial charge in [-0.05, 0) is 96.3 Å². The Morgan fingerprint density at radius 3 is 0.759 bits per heavy atom. The van der Waals surface area contributed by atoms with E-state index < -0.39 is 6.10 Å². The third kappa shape index (κ3) is 69.3. The molecule has 1 atom stereocenters. The third-order valence-corrected chi connectivity index (χ3v) is 15.9. The lowest BCUT2D eigenvalue weighted by Crippen LogP contribution is -2.30. The van der Waals surface area contributed by atoms with Crippen LogP contribution in [0.2, 0.25) is 0 Å². The Morgan fingerprint density at radius 1 is 0.253 bits per heavy atom. The van der Waals surface area contributed by atoms with E-state index >= 15 is 0 Å². The van der Waals surface area contributed by atoms with E-state index in [9.17, 15) is 14.4 Å². The van der Waals surface area contributed by atoms with Crippen LogP contribution in [0.5, 0.6) is 0 Å². The first kappa shape index (κ1) is 79.6. The summed E-state index contributed by atoms with van der Waals surface area (Å²) in [6.07, 6.45) is 94.7. The van der Waals surface area contributed by atoms with Gasteiger partial charge in [0.2, 0.25) is 0 Å². The fourth-order valence-corrected chi connectivity index (χ4v) is 10.5. The molecule has 0 heterocycles. The molecule has 83 heavy (non-hydrogen) atoms. The van der Waals surface area contributed by atoms with Crippen LogP contribution in [0.15, 0.2) is 85.1 Å². The quantitative estimate of drug-likeness (QED) is 0.0261. The Balaban J connectivity index is 4.28. The van der Waals surface area contributed by atoms with Crippen molar-refractivity contribution in [1.29, 1.82) is 0 Å². The van der Waals surface area contributed by atoms with Gasteiger partial charge in [-0.3, -0.25) is 14.4 Å². The van der Waals surface area contributed by atoms with Crippen LogP contribution in [0, 0.1) is 0 Å². The van der Waals surface area contributed by atoms with Crippen molar-refractivity contribution in [1.82, 2.24) is 0 Å². The maximum Gasteiger partial charge on any atom is 0.306 e. The molecule has 0 aliphatic heterocycles. The molecule has 1 unspecified atom stereocenters. The van der Waals surface area contributed by atoms with E-state index in [1.54, 1.807) is 0 Å². The average molecular weight is 1160 g/mol. The van der Waals surface area contributed by atoms with Gasteiger partial charge < -0.3 is 14.2 Å². The van der Waals surface area contributed by atoms with Crippen molar-refractivity contribution in [2.24, 2.45) is 0 Å². The standard InChI is InChI=1S/C77H136O6/c1-4-7-10-13-16-19-22-25-27-29-31-33-35-37-38-40-41-43-45-47-49-52-55-58-61-64-67-70-76(79)82-73-74(72-81-75(78)69-66-63-60-57-54-51-24-21-18-15-12-9-6-3)83-77(80)71-68-65-62-59-56-53-50-48-46-44-42-39-36-34-32-30-28-26-23-20-17-14-11-8-5-2/h7,10,16,19,21,24-25,27,31,33,37-38,41,43,74H,4-6,8-9,11-15,17-18,20,22-23,26,28-30,32,34-36,39-40,42,44-73H2,1-3H3/b10-7-,19-16-,24-21-,27-25-,33-31-,38-37-,43-41-. The molecule has 0 fully saturated rings. The van der Waals surface area contributed by atoms with E-state index in [0.29, 0.717) is 19.3 Å². The summed E-state index contributed by atoms with van der Waals surface area (Å²) in [5, 5.41) is 0. The topological polar surface area (TPSA) is 78.9 Å². The number of unbranched alkanes of at least 4 members (excludes halogenated alkanes) is 41. The van der Waals surface area contributed by atoms with Crippen molar-refractivity contribution in [3.05, 3.63) is 85.1 Å². The Bertz CT molecular complexity index is 1570. The van der Waals surface area contributed by atoms with Gasteiger partial charge in [0.1, 0.15) is 13.2 Å². The summed E-state index contributed by atoms with van der Waals surface area (Å²) in [6, 6.07) is 0. The zero-order valence-corrected chi connectivity index (χ0v) is 55.2. The Hall–Kier alpha value is -3.41. The van der Waals surface area contributed by atoms with Gasteiger partial charge in [-0.1, -0.05) is 337 Å². The highest BCUT2D eigenvalue weighted by Crippen LogP contribution is 2.18. The van der Waals surface area contributed by atoms with Crippen LogP contribution in [-0.4, -0.2) is 37.2 Å². The highest BCUT2D eigenvalue weighted by molar-refractivity contribution is 5.71. The molecular formula is C77H136O6. The summed E-state index contributed by atoms with van der Waals surface area (Å²) >= 11 is 0. The van der Waals surface area contributed by atoms with E-state index in [1.807, 2.05) is 0 Å². The van der Waals surface area contributed by atoms with Crippen molar-refractivity contribution >= 4 is 17.9 Å². The molecule has 0 saturated heterocycles. The first-order chi connectivity index (χ1) is 41.0. The SMILES string of the molecule is CC/C=C\C/C=C\C/C=C\C/C=C\C/C=C\C/C=C\CCCCCCCCCCC(=O)OCC(COC(=O)CCCCCCC/C=C\CCCCCC)OC(=O)CCCCCCCCCCCCCCCCCCCCCCCCCCC. The van der Waals surface area contributed by atoms with E-state index in [-0.39, 0.29) is 31.1 Å². The molecule has 0 radical (unpaired) electrons. The summed E-state index contributed by atoms with van der Waals surface area (Å²) in [6.45, 7) is 6.55. The summed E-state index contributed by atoms with van der Waals surface area (Å²) in [5.41, 5.74) is 0. The maximum absolute atomic E-state index is 13.0. The van der Waals surface area contributed by atoms with Gasteiger partial charge in [-0.2, -0.15) is 0 Å². The molecular weight excluding hydrogens is 1020 g/mol. The molecule has 0 rings (SSSR count). The molecule has 6 heteroatoms. The molecule has 0 aliphatic rings. The van der Waals surface area contributed by atoms with Crippen LogP contribution in [0.4, 0.5) is 0 Å². The van der Waals surface area contributed by atoms with Gasteiger partial charge in [-0.25, -0.2) is 0 Å². The average Bonchev–Trinajstić information content (AvgIpc) is 3.49. The van der Waals surface area contributed by atoms with Gasteiger partial charge in [-0.15, -0.1) is 0 Å². The molecule has 0 bridgehead atoms. The van der Waals surface area contributed by atoms with Crippen LogP contribution in [0.25, 0.3) is 0 Å². The van der Waals surface area contributed by atoms with Crippen molar-refractivity contribution in [2.75, 3.05) is 13.2 Å². The summed E-state index contributed by atoms with van der Waals surface area (Å²) in [4.78, 5) is 38.4. The normalized spacial score (nSPS) is 12.6. The van der Waals surface area contributed by atoms with Gasteiger partial charge >= 0.3 is 17.9 Å². The van der Waals surface area contributed by atoms with Crippen LogP contribution < -0.4 is 0 Å². The van der Waals surface area contributed by atoms with Crippen molar-refractivity contribution in [3.8, 4) is 0 Å². The molecule has 480 valence electrons. The fourth-order valence-electron chi connectivity index (χ4n) is 10.5. The number of hydrogen-bond donors (Lipinski definition) is 0. The summed E-state index contributed by atoms with van der Waals surface area (Å²) in [5.74, 6) is -0.876. The van der Waals surface area contributed by atoms with Gasteiger partial charge in [0.05, 0.1) is 0 Å². The molecule has 0 saturated carbocycles. The second-order valence-electron chi connectivity index (χ2n) is 24.1. The van der Waals surface area contributed by atoms with Gasteiger partial charge in [0.25, 0.3) is 0 Å². The zero-order chi connectivity index (χ0) is 59.9. The van der Waals surface area contributed by atoms with Crippen molar-refractivity contribution in [3.63, 3.8) is 0 Å². The molecule has 0 spiro atoms. The smallest absolute Gasteiger partial charge is 0.306 e. The lowest BCUT2D eigenvalue weighted by atomic mass is 10.0. The third-order valence-electron chi connectivity index (χ3n) is 15.9. The van der Waals surface area contributed by atoms with Gasteiger partial charge in [0.15, 0.2) is 6.10 Å². The lowest BCUT2D eigenvalue weighted by molar-refractivity contribution is -0.167. The molecule has 0 aromatic rings. The lowest BCUT2D eigenvalue weighted by Gasteiger charge is -2.18. The fraction of sp³-hybridized carbons (Fsp3) is 0.779. The Kier molecular flexibility index (Phi) is 68.2. The second-order valence-corrected chi connectivity index (χ2v) is 24.1. The highest BCUT2D eigenvalue weighted by Gasteiger charge is 2.19. The molecule has 0 aromatic heterocycles. The minimum atomic E-state index is -0.784. The zero-order valence-electron chi connectivity index (χ0n) is 55.2. The predicted octanol–water partition coefficient (Wildman–Crippen LogP) is 25.0. The molecule has 0 aliphatic carbocycles. The van der Waals surface area contributed by atoms with Crippen molar-refractivity contribution < 1.29 is 28.6 Å². The van der Waals surface area contributed by atoms with Crippen LogP contribution >= 0.6 is 0 Å². The number of esters is 3. The number of allylic oxidation sites excluding steroid dienone is 14. The molecule has 0 amide bonds. The van der Waals surface area contributed by atoms with Crippen molar-refractivity contribution in [2.45, 2.75) is 374 Å². The van der Waals surface area contributed by atoms with Crippen LogP contribution in [-0.2, 0) is 28.6 Å². The van der Waals surface area contributed by atoms with E-state index in [2.05, 4.69) is 106 Å². The monoisotopic (exact) mass is 1160 g/mol. The summed E-state index contributed by atoms with van der Waals surface area (Å²) in [7, 11) is 0. The Labute approximate surface area is 515 Å². The first-order valence-electron chi connectivity index (χ1n) is 36.1. The summed E-state index contributed by atoms with van der Waals surface area (Å²) < 4.78 is 17.0. The molecule has 0 N–H and O–H groups in total. The van der Waals surface area contributed by atoms with E-state index in [1.165, 1.54) is 218 Å². The number of hydrogen-bond acceptors (Lipinski definition) is 6. The number of rotatable bonds is 66.